The summed E-state index contributed by atoms with van der Waals surface area (Å²) in [5.74, 6) is -0.495. The molecule has 1 N–H and O–H groups in total. The van der Waals surface area contributed by atoms with Gasteiger partial charge in [0.15, 0.2) is 0 Å². The van der Waals surface area contributed by atoms with Gasteiger partial charge in [-0.25, -0.2) is 9.78 Å². The van der Waals surface area contributed by atoms with E-state index >= 15 is 0 Å². The SMILES string of the molecule is CCOC(=O)/C(N=Nc1ccc(-n2c(C)nc3ccc(Br)cc3c2=O)cc1)=C(\C)O. The van der Waals surface area contributed by atoms with E-state index in [0.29, 0.717) is 28.1 Å². The maximum atomic E-state index is 13.0. The Kier molecular flexibility index (Phi) is 6.41. The molecule has 154 valence electrons. The van der Waals surface area contributed by atoms with Crippen LogP contribution in [0.3, 0.4) is 0 Å². The van der Waals surface area contributed by atoms with Gasteiger partial charge in [-0.05, 0) is 63.2 Å². The predicted molar refractivity (Wildman–Crippen MR) is 116 cm³/mol. The number of benzene rings is 2. The van der Waals surface area contributed by atoms with Gasteiger partial charge >= 0.3 is 5.97 Å². The molecule has 0 aliphatic heterocycles. The van der Waals surface area contributed by atoms with Crippen molar-refractivity contribution in [1.82, 2.24) is 9.55 Å². The van der Waals surface area contributed by atoms with Crippen molar-refractivity contribution in [3.63, 3.8) is 0 Å². The molecule has 0 spiro atoms. The minimum absolute atomic E-state index is 0.157. The number of aryl methyl sites for hydroxylation is 1. The van der Waals surface area contributed by atoms with Gasteiger partial charge in [-0.1, -0.05) is 15.9 Å². The summed E-state index contributed by atoms with van der Waals surface area (Å²) >= 11 is 3.38. The van der Waals surface area contributed by atoms with E-state index in [1.807, 2.05) is 6.07 Å². The summed E-state index contributed by atoms with van der Waals surface area (Å²) in [5, 5.41) is 17.9. The third kappa shape index (κ3) is 4.46. The number of carbonyl (C=O) groups is 1. The smallest absolute Gasteiger partial charge is 0.362 e. The van der Waals surface area contributed by atoms with Crippen LogP contribution < -0.4 is 5.56 Å². The molecule has 30 heavy (non-hydrogen) atoms. The maximum absolute atomic E-state index is 13.0. The quantitative estimate of drug-likeness (QED) is 0.247. The van der Waals surface area contributed by atoms with Crippen LogP contribution in [0, 0.1) is 6.92 Å². The molecule has 1 aromatic heterocycles. The van der Waals surface area contributed by atoms with E-state index in [-0.39, 0.29) is 23.6 Å². The largest absolute Gasteiger partial charge is 0.510 e. The van der Waals surface area contributed by atoms with Gasteiger partial charge < -0.3 is 9.84 Å². The lowest BCUT2D eigenvalue weighted by Gasteiger charge is -2.11. The number of fused-ring (bicyclic) bond motifs is 1. The Labute approximate surface area is 180 Å². The van der Waals surface area contributed by atoms with Crippen molar-refractivity contribution in [3.05, 3.63) is 74.6 Å². The molecule has 0 aliphatic carbocycles. The number of aliphatic hydroxyl groups is 1. The zero-order chi connectivity index (χ0) is 21.8. The van der Waals surface area contributed by atoms with E-state index in [1.54, 1.807) is 50.2 Å². The molecule has 8 nitrogen and oxygen atoms in total. The van der Waals surface area contributed by atoms with Gasteiger partial charge in [0.05, 0.1) is 28.9 Å². The van der Waals surface area contributed by atoms with Gasteiger partial charge in [-0.3, -0.25) is 9.36 Å². The number of aliphatic hydroxyl groups excluding tert-OH is 1. The zero-order valence-corrected chi connectivity index (χ0v) is 18.2. The number of nitrogens with zero attached hydrogens (tertiary/aromatic N) is 4. The number of hydrogen-bond donors (Lipinski definition) is 1. The first kappa shape index (κ1) is 21.4. The fourth-order valence-electron chi connectivity index (χ4n) is 2.81. The van der Waals surface area contributed by atoms with Crippen molar-refractivity contribution in [3.8, 4) is 5.69 Å². The number of ether oxygens (including phenoxy) is 1. The Morgan fingerprint density at radius 1 is 1.23 bits per heavy atom. The molecular weight excluding hydrogens is 452 g/mol. The summed E-state index contributed by atoms with van der Waals surface area (Å²) in [5.41, 5.74) is 1.23. The van der Waals surface area contributed by atoms with Crippen LogP contribution in [0.4, 0.5) is 5.69 Å². The number of azo groups is 1. The molecule has 0 radical (unpaired) electrons. The zero-order valence-electron chi connectivity index (χ0n) is 16.6. The molecule has 3 rings (SSSR count). The van der Waals surface area contributed by atoms with Crippen molar-refractivity contribution in [2.75, 3.05) is 6.61 Å². The van der Waals surface area contributed by atoms with Crippen LogP contribution in [0.15, 0.2) is 73.4 Å². The molecule has 2 aromatic carbocycles. The highest BCUT2D eigenvalue weighted by Gasteiger charge is 2.14. The number of esters is 1. The first-order chi connectivity index (χ1) is 14.3. The number of aromatic nitrogens is 2. The van der Waals surface area contributed by atoms with Gasteiger partial charge in [0.2, 0.25) is 5.70 Å². The highest BCUT2D eigenvalue weighted by atomic mass is 79.9. The topological polar surface area (TPSA) is 106 Å². The summed E-state index contributed by atoms with van der Waals surface area (Å²) in [4.78, 5) is 29.3. The van der Waals surface area contributed by atoms with E-state index in [9.17, 15) is 14.7 Å². The van der Waals surface area contributed by atoms with Gasteiger partial charge in [0.25, 0.3) is 5.56 Å². The monoisotopic (exact) mass is 470 g/mol. The lowest BCUT2D eigenvalue weighted by molar-refractivity contribution is -0.138. The van der Waals surface area contributed by atoms with Crippen molar-refractivity contribution in [2.24, 2.45) is 10.2 Å². The first-order valence-electron chi connectivity index (χ1n) is 9.10. The number of halogens is 1. The van der Waals surface area contributed by atoms with Crippen molar-refractivity contribution < 1.29 is 14.6 Å². The molecule has 0 saturated heterocycles. The van der Waals surface area contributed by atoms with E-state index in [0.717, 1.165) is 4.47 Å². The third-order valence-electron chi connectivity index (χ3n) is 4.18. The molecule has 0 unspecified atom stereocenters. The Balaban J connectivity index is 1.96. The molecule has 3 aromatic rings. The molecule has 0 aliphatic rings. The second-order valence-electron chi connectivity index (χ2n) is 6.33. The standard InChI is InChI=1S/C21H19BrN4O4/c1-4-30-21(29)19(12(2)27)25-24-15-6-8-16(9-7-15)26-13(3)23-18-10-5-14(22)11-17(18)20(26)28/h5-11,27H,4H2,1-3H3/b19-12-,25-24?. The average Bonchev–Trinajstić information content (AvgIpc) is 2.70. The van der Waals surface area contributed by atoms with Crippen molar-refractivity contribution in [2.45, 2.75) is 20.8 Å². The molecule has 0 saturated carbocycles. The highest BCUT2D eigenvalue weighted by molar-refractivity contribution is 9.10. The fourth-order valence-corrected chi connectivity index (χ4v) is 3.17. The Morgan fingerprint density at radius 2 is 1.93 bits per heavy atom. The molecule has 0 fully saturated rings. The van der Waals surface area contributed by atoms with Crippen LogP contribution in [-0.2, 0) is 9.53 Å². The van der Waals surface area contributed by atoms with Crippen LogP contribution in [-0.4, -0.2) is 27.2 Å². The lowest BCUT2D eigenvalue weighted by Crippen LogP contribution is -2.22. The Hall–Kier alpha value is -3.33. The summed E-state index contributed by atoms with van der Waals surface area (Å²) in [6.07, 6.45) is 0. The molecule has 9 heteroatoms. The third-order valence-corrected chi connectivity index (χ3v) is 4.68. The number of carbonyl (C=O) groups excluding carboxylic acids is 1. The number of rotatable bonds is 5. The van der Waals surface area contributed by atoms with E-state index in [1.165, 1.54) is 11.5 Å². The van der Waals surface area contributed by atoms with Gasteiger partial charge in [-0.15, -0.1) is 5.11 Å². The maximum Gasteiger partial charge on any atom is 0.362 e. The molecule has 0 amide bonds. The van der Waals surface area contributed by atoms with E-state index < -0.39 is 5.97 Å². The van der Waals surface area contributed by atoms with Crippen LogP contribution in [0.5, 0.6) is 0 Å². The highest BCUT2D eigenvalue weighted by Crippen LogP contribution is 2.20. The molecule has 1 heterocycles. The number of hydrogen-bond acceptors (Lipinski definition) is 7. The van der Waals surface area contributed by atoms with Crippen LogP contribution in [0.1, 0.15) is 19.7 Å². The minimum atomic E-state index is -0.756. The Bertz CT molecular complexity index is 1230. The predicted octanol–water partition coefficient (Wildman–Crippen LogP) is 4.89. The first-order valence-corrected chi connectivity index (χ1v) is 9.89. The van der Waals surface area contributed by atoms with Crippen LogP contribution in [0.25, 0.3) is 16.6 Å². The second kappa shape index (κ2) is 9.00. The second-order valence-corrected chi connectivity index (χ2v) is 7.25. The lowest BCUT2D eigenvalue weighted by atomic mass is 10.2. The van der Waals surface area contributed by atoms with Gasteiger partial charge in [0.1, 0.15) is 11.6 Å². The summed E-state index contributed by atoms with van der Waals surface area (Å²) in [6, 6.07) is 12.1. The van der Waals surface area contributed by atoms with Gasteiger partial charge in [-0.2, -0.15) is 5.11 Å². The molecular formula is C21H19BrN4O4. The van der Waals surface area contributed by atoms with Crippen LogP contribution in [0.2, 0.25) is 0 Å². The summed E-state index contributed by atoms with van der Waals surface area (Å²) in [6.45, 7) is 4.90. The van der Waals surface area contributed by atoms with Gasteiger partial charge in [0, 0.05) is 4.47 Å². The van der Waals surface area contributed by atoms with E-state index in [2.05, 4.69) is 31.1 Å². The fraction of sp³-hybridized carbons (Fsp3) is 0.190. The molecule has 0 bridgehead atoms. The normalized spacial score (nSPS) is 12.3. The molecule has 0 atom stereocenters. The minimum Gasteiger partial charge on any atom is -0.510 e. The van der Waals surface area contributed by atoms with Crippen molar-refractivity contribution >= 4 is 38.5 Å². The van der Waals surface area contributed by atoms with Crippen molar-refractivity contribution in [1.29, 1.82) is 0 Å². The number of allylic oxidation sites excluding steroid dienone is 1. The average molecular weight is 471 g/mol. The van der Waals surface area contributed by atoms with Crippen LogP contribution >= 0.6 is 15.9 Å². The van der Waals surface area contributed by atoms with E-state index in [4.69, 9.17) is 4.74 Å². The summed E-state index contributed by atoms with van der Waals surface area (Å²) in [7, 11) is 0. The Morgan fingerprint density at radius 3 is 2.57 bits per heavy atom. The summed E-state index contributed by atoms with van der Waals surface area (Å²) < 4.78 is 7.15.